The lowest BCUT2D eigenvalue weighted by molar-refractivity contribution is -0.137. The minimum atomic E-state index is 0.0335. The van der Waals surface area contributed by atoms with Gasteiger partial charge in [0.05, 0.1) is 0 Å². The van der Waals surface area contributed by atoms with Gasteiger partial charge in [0.1, 0.15) is 5.78 Å². The van der Waals surface area contributed by atoms with Gasteiger partial charge in [0.15, 0.2) is 0 Å². The molecular formula is C19H29BrO. The van der Waals surface area contributed by atoms with Gasteiger partial charge in [-0.25, -0.2) is 0 Å². The molecule has 1 nitrogen and oxygen atoms in total. The number of alkyl halides is 1. The molecule has 7 atom stereocenters. The molecular weight excluding hydrogens is 324 g/mol. The fraction of sp³-hybridized carbons (Fsp3) is 0.947. The van der Waals surface area contributed by atoms with E-state index >= 15 is 0 Å². The molecule has 0 aliphatic heterocycles. The molecule has 4 aliphatic carbocycles. The van der Waals surface area contributed by atoms with Crippen molar-refractivity contribution in [3.05, 3.63) is 0 Å². The number of ketones is 1. The van der Waals surface area contributed by atoms with Crippen LogP contribution in [0.5, 0.6) is 0 Å². The van der Waals surface area contributed by atoms with E-state index in [0.29, 0.717) is 21.9 Å². The van der Waals surface area contributed by atoms with E-state index in [1.54, 1.807) is 0 Å². The van der Waals surface area contributed by atoms with Crippen LogP contribution in [-0.2, 0) is 4.79 Å². The van der Waals surface area contributed by atoms with Crippen molar-refractivity contribution in [2.45, 2.75) is 76.5 Å². The molecule has 0 aromatic carbocycles. The quantitative estimate of drug-likeness (QED) is 0.536. The van der Waals surface area contributed by atoms with E-state index in [0.717, 1.165) is 24.2 Å². The predicted molar refractivity (Wildman–Crippen MR) is 89.4 cm³/mol. The maximum absolute atomic E-state index is 12.4. The van der Waals surface area contributed by atoms with Crippen LogP contribution >= 0.6 is 15.9 Å². The van der Waals surface area contributed by atoms with Gasteiger partial charge in [0.25, 0.3) is 0 Å². The normalized spacial score (nSPS) is 56.5. The van der Waals surface area contributed by atoms with Crippen LogP contribution in [0.3, 0.4) is 0 Å². The first kappa shape index (κ1) is 14.7. The first-order valence-corrected chi connectivity index (χ1v) is 10.1. The summed E-state index contributed by atoms with van der Waals surface area (Å²) in [5, 5.41) is 0. The van der Waals surface area contributed by atoms with E-state index in [1.165, 1.54) is 51.4 Å². The summed E-state index contributed by atoms with van der Waals surface area (Å²) < 4.78 is 0. The Morgan fingerprint density at radius 3 is 2.62 bits per heavy atom. The second-order valence-corrected chi connectivity index (χ2v) is 10.1. The molecule has 118 valence electrons. The molecule has 0 aromatic heterocycles. The van der Waals surface area contributed by atoms with Crippen molar-refractivity contribution in [3.8, 4) is 0 Å². The molecule has 0 amide bonds. The van der Waals surface area contributed by atoms with Crippen LogP contribution < -0.4 is 0 Å². The van der Waals surface area contributed by atoms with Crippen molar-refractivity contribution >= 4 is 21.7 Å². The number of carbonyl (C=O) groups excluding carboxylic acids is 1. The Morgan fingerprint density at radius 1 is 1.00 bits per heavy atom. The third kappa shape index (κ3) is 1.90. The smallest absolute Gasteiger partial charge is 0.139 e. The van der Waals surface area contributed by atoms with Gasteiger partial charge in [0, 0.05) is 16.7 Å². The Hall–Kier alpha value is 0.150. The van der Waals surface area contributed by atoms with E-state index in [4.69, 9.17) is 0 Å². The largest absolute Gasteiger partial charge is 0.299 e. The number of carbonyl (C=O) groups is 1. The van der Waals surface area contributed by atoms with Gasteiger partial charge in [-0.3, -0.25) is 4.79 Å². The molecule has 0 radical (unpaired) electrons. The van der Waals surface area contributed by atoms with E-state index in [1.807, 2.05) is 0 Å². The second-order valence-electron chi connectivity index (χ2n) is 8.90. The molecule has 4 saturated carbocycles. The average molecular weight is 353 g/mol. The topological polar surface area (TPSA) is 17.1 Å². The number of hydrogen-bond donors (Lipinski definition) is 0. The molecule has 0 bridgehead atoms. The monoisotopic (exact) mass is 352 g/mol. The lowest BCUT2D eigenvalue weighted by atomic mass is 9.45. The zero-order valence-corrected chi connectivity index (χ0v) is 15.1. The zero-order chi connectivity index (χ0) is 14.8. The van der Waals surface area contributed by atoms with Crippen LogP contribution in [0, 0.1) is 34.5 Å². The maximum atomic E-state index is 12.4. The Balaban J connectivity index is 1.69. The molecule has 0 saturated heterocycles. The Bertz CT molecular complexity index is 460. The van der Waals surface area contributed by atoms with Gasteiger partial charge in [-0.1, -0.05) is 42.6 Å². The summed E-state index contributed by atoms with van der Waals surface area (Å²) in [5.41, 5.74) is 0.577. The maximum Gasteiger partial charge on any atom is 0.139 e. The molecule has 0 aromatic rings. The number of rotatable bonds is 0. The highest BCUT2D eigenvalue weighted by molar-refractivity contribution is 9.09. The van der Waals surface area contributed by atoms with E-state index < -0.39 is 0 Å². The summed E-state index contributed by atoms with van der Waals surface area (Å²) >= 11 is 4.07. The highest BCUT2D eigenvalue weighted by atomic mass is 79.9. The van der Waals surface area contributed by atoms with Gasteiger partial charge in [0.2, 0.25) is 0 Å². The predicted octanol–water partition coefficient (Wildman–Crippen LogP) is 5.36. The third-order valence-electron chi connectivity index (χ3n) is 8.25. The summed E-state index contributed by atoms with van der Waals surface area (Å²) in [6.45, 7) is 4.89. The van der Waals surface area contributed by atoms with E-state index in [2.05, 4.69) is 29.8 Å². The summed E-state index contributed by atoms with van der Waals surface area (Å²) in [6.07, 6.45) is 11.6. The summed E-state index contributed by atoms with van der Waals surface area (Å²) in [6, 6.07) is 0. The Morgan fingerprint density at radius 2 is 1.81 bits per heavy atom. The Kier molecular flexibility index (Phi) is 3.38. The van der Waals surface area contributed by atoms with Crippen LogP contribution in [0.4, 0.5) is 0 Å². The highest BCUT2D eigenvalue weighted by Gasteiger charge is 2.61. The molecule has 4 rings (SSSR count). The van der Waals surface area contributed by atoms with E-state index in [-0.39, 0.29) is 5.41 Å². The Labute approximate surface area is 137 Å². The van der Waals surface area contributed by atoms with Gasteiger partial charge < -0.3 is 0 Å². The lowest BCUT2D eigenvalue weighted by Gasteiger charge is -2.61. The van der Waals surface area contributed by atoms with Crippen molar-refractivity contribution in [1.82, 2.24) is 0 Å². The number of hydrogen-bond acceptors (Lipinski definition) is 1. The highest BCUT2D eigenvalue weighted by Crippen LogP contribution is 2.66. The molecule has 0 N–H and O–H groups in total. The zero-order valence-electron chi connectivity index (χ0n) is 13.5. The van der Waals surface area contributed by atoms with Crippen LogP contribution in [0.1, 0.15) is 71.6 Å². The molecule has 21 heavy (non-hydrogen) atoms. The molecule has 4 fully saturated rings. The van der Waals surface area contributed by atoms with Crippen molar-refractivity contribution < 1.29 is 4.79 Å². The van der Waals surface area contributed by atoms with E-state index in [9.17, 15) is 4.79 Å². The summed E-state index contributed by atoms with van der Waals surface area (Å²) in [5.74, 6) is 3.84. The minimum Gasteiger partial charge on any atom is -0.299 e. The van der Waals surface area contributed by atoms with Crippen LogP contribution in [-0.4, -0.2) is 10.6 Å². The van der Waals surface area contributed by atoms with Crippen molar-refractivity contribution in [2.24, 2.45) is 34.5 Å². The molecule has 4 aliphatic rings. The van der Waals surface area contributed by atoms with Gasteiger partial charge >= 0.3 is 0 Å². The molecule has 2 heteroatoms. The fourth-order valence-electron chi connectivity index (χ4n) is 7.07. The van der Waals surface area contributed by atoms with Crippen molar-refractivity contribution in [3.63, 3.8) is 0 Å². The second kappa shape index (κ2) is 4.82. The molecule has 0 spiro atoms. The number of halogens is 1. The van der Waals surface area contributed by atoms with Crippen molar-refractivity contribution in [2.75, 3.05) is 0 Å². The summed E-state index contributed by atoms with van der Waals surface area (Å²) in [7, 11) is 0. The lowest BCUT2D eigenvalue weighted by Crippen LogP contribution is -2.55. The number of fused-ring (bicyclic) bond motifs is 5. The van der Waals surface area contributed by atoms with Gasteiger partial charge in [-0.2, -0.15) is 0 Å². The van der Waals surface area contributed by atoms with Crippen LogP contribution in [0.15, 0.2) is 0 Å². The minimum absolute atomic E-state index is 0.0335. The average Bonchev–Trinajstić information content (AvgIpc) is 2.75. The SMILES string of the molecule is C[C@]12CCCCC1C(Br)C[C@@H]1[C@@H]2CC[C@]2(C)C(=O)CC[C@@H]12. The summed E-state index contributed by atoms with van der Waals surface area (Å²) in [4.78, 5) is 13.1. The van der Waals surface area contributed by atoms with Crippen LogP contribution in [0.2, 0.25) is 0 Å². The molecule has 0 heterocycles. The van der Waals surface area contributed by atoms with Crippen LogP contribution in [0.25, 0.3) is 0 Å². The van der Waals surface area contributed by atoms with Crippen molar-refractivity contribution in [1.29, 1.82) is 0 Å². The first-order valence-electron chi connectivity index (χ1n) is 9.14. The first-order chi connectivity index (χ1) is 9.97. The van der Waals surface area contributed by atoms with Gasteiger partial charge in [-0.05, 0) is 67.6 Å². The van der Waals surface area contributed by atoms with Gasteiger partial charge in [-0.15, -0.1) is 0 Å². The number of Topliss-reactive ketones (excluding diaryl/α,β-unsaturated/α-hetero) is 1. The standard InChI is InChI=1S/C19H29BrO/c1-18-9-4-3-5-15(18)16(20)11-12-13-6-7-17(21)19(13,2)10-8-14(12)18/h12-16H,3-11H2,1-2H3/t12-,13-,14-,15?,16?,18+,19-/m0/s1. The molecule has 2 unspecified atom stereocenters. The fourth-order valence-corrected chi connectivity index (χ4v) is 8.37. The third-order valence-corrected chi connectivity index (χ3v) is 9.27.